The van der Waals surface area contributed by atoms with Gasteiger partial charge in [-0.25, -0.2) is 0 Å². The number of hydrazine groups is 1. The summed E-state index contributed by atoms with van der Waals surface area (Å²) in [5.41, 5.74) is 6.51. The van der Waals surface area contributed by atoms with Gasteiger partial charge in [0.2, 0.25) is 0 Å². The van der Waals surface area contributed by atoms with E-state index in [0.717, 1.165) is 17.3 Å². The van der Waals surface area contributed by atoms with Gasteiger partial charge in [-0.05, 0) is 49.9 Å². The number of benzene rings is 1. The van der Waals surface area contributed by atoms with Crippen molar-refractivity contribution < 1.29 is 0 Å². The summed E-state index contributed by atoms with van der Waals surface area (Å²) in [6, 6.07) is 6.55. The van der Waals surface area contributed by atoms with Crippen LogP contribution in [0.1, 0.15) is 36.9 Å². The summed E-state index contributed by atoms with van der Waals surface area (Å²) in [5, 5.41) is 0. The first-order valence-corrected chi connectivity index (χ1v) is 6.20. The minimum Gasteiger partial charge on any atom is -0.271 e. The van der Waals surface area contributed by atoms with Crippen molar-refractivity contribution in [1.82, 2.24) is 5.43 Å². The van der Waals surface area contributed by atoms with E-state index in [-0.39, 0.29) is 6.04 Å². The zero-order chi connectivity index (χ0) is 12.1. The molecular formula is C13H19BrN2. The second-order valence-electron chi connectivity index (χ2n) is 4.28. The van der Waals surface area contributed by atoms with E-state index < -0.39 is 0 Å². The molecule has 1 unspecified atom stereocenters. The van der Waals surface area contributed by atoms with Crippen molar-refractivity contribution in [3.05, 3.63) is 46.0 Å². The molecule has 0 saturated heterocycles. The Morgan fingerprint density at radius 1 is 1.50 bits per heavy atom. The Labute approximate surface area is 106 Å². The molecule has 0 aliphatic rings. The van der Waals surface area contributed by atoms with E-state index in [2.05, 4.69) is 53.1 Å². The molecule has 0 spiro atoms. The normalized spacial score (nSPS) is 12.5. The highest BCUT2D eigenvalue weighted by atomic mass is 79.9. The van der Waals surface area contributed by atoms with Crippen LogP contribution in [0.2, 0.25) is 0 Å². The maximum Gasteiger partial charge on any atom is 0.0463 e. The summed E-state index contributed by atoms with van der Waals surface area (Å²) >= 11 is 3.50. The van der Waals surface area contributed by atoms with Crippen LogP contribution in [-0.4, -0.2) is 0 Å². The van der Waals surface area contributed by atoms with Gasteiger partial charge in [0, 0.05) is 10.5 Å². The van der Waals surface area contributed by atoms with E-state index >= 15 is 0 Å². The largest absolute Gasteiger partial charge is 0.271 e. The molecule has 0 radical (unpaired) electrons. The van der Waals surface area contributed by atoms with Crippen molar-refractivity contribution >= 4 is 15.9 Å². The Hall–Kier alpha value is -0.640. The van der Waals surface area contributed by atoms with E-state index in [1.165, 1.54) is 16.7 Å². The molecule has 0 aliphatic carbocycles. The zero-order valence-electron chi connectivity index (χ0n) is 9.89. The molecule has 0 aliphatic heterocycles. The van der Waals surface area contributed by atoms with Crippen molar-refractivity contribution in [3.8, 4) is 0 Å². The fourth-order valence-electron chi connectivity index (χ4n) is 1.70. The van der Waals surface area contributed by atoms with Crippen LogP contribution in [0.5, 0.6) is 0 Å². The first kappa shape index (κ1) is 13.4. The van der Waals surface area contributed by atoms with Crippen LogP contribution in [0, 0.1) is 6.92 Å². The molecule has 0 heterocycles. The van der Waals surface area contributed by atoms with Gasteiger partial charge in [-0.3, -0.25) is 11.3 Å². The predicted molar refractivity (Wildman–Crippen MR) is 73.0 cm³/mol. The molecular weight excluding hydrogens is 264 g/mol. The van der Waals surface area contributed by atoms with Crippen LogP contribution in [0.25, 0.3) is 0 Å². The maximum absolute atomic E-state index is 5.60. The molecule has 3 N–H and O–H groups in total. The maximum atomic E-state index is 5.60. The minimum absolute atomic E-state index is 0.188. The fraction of sp³-hybridized carbons (Fsp3) is 0.385. The third-order valence-corrected chi connectivity index (χ3v) is 2.99. The Kier molecular flexibility index (Phi) is 5.19. The summed E-state index contributed by atoms with van der Waals surface area (Å²) in [6.45, 7) is 8.04. The number of hydrogen-bond acceptors (Lipinski definition) is 2. The van der Waals surface area contributed by atoms with E-state index in [1.807, 2.05) is 6.92 Å². The van der Waals surface area contributed by atoms with Crippen molar-refractivity contribution in [2.75, 3.05) is 0 Å². The highest BCUT2D eigenvalue weighted by Gasteiger charge is 2.10. The van der Waals surface area contributed by atoms with Crippen molar-refractivity contribution in [2.45, 2.75) is 32.7 Å². The Morgan fingerprint density at radius 2 is 2.19 bits per heavy atom. The van der Waals surface area contributed by atoms with E-state index in [9.17, 15) is 0 Å². The minimum atomic E-state index is 0.188. The molecule has 0 amide bonds. The first-order valence-electron chi connectivity index (χ1n) is 5.40. The number of nitrogens with two attached hydrogens (primary N) is 1. The van der Waals surface area contributed by atoms with Crippen LogP contribution in [0.15, 0.2) is 34.8 Å². The standard InChI is InChI=1S/C13H19BrN2/c1-9(2)4-5-13(16-15)11-6-10(3)7-12(14)8-11/h6-8,13,16H,1,4-5,15H2,2-3H3. The van der Waals surface area contributed by atoms with Crippen molar-refractivity contribution in [3.63, 3.8) is 0 Å². The Morgan fingerprint density at radius 3 is 2.69 bits per heavy atom. The SMILES string of the molecule is C=C(C)CCC(NN)c1cc(C)cc(Br)c1. The number of aryl methyl sites for hydroxylation is 1. The van der Waals surface area contributed by atoms with Crippen LogP contribution in [0.3, 0.4) is 0 Å². The second kappa shape index (κ2) is 6.18. The predicted octanol–water partition coefficient (Wildman–Crippen LogP) is 3.62. The molecule has 0 saturated carbocycles. The lowest BCUT2D eigenvalue weighted by Crippen LogP contribution is -2.28. The lowest BCUT2D eigenvalue weighted by molar-refractivity contribution is 0.515. The summed E-state index contributed by atoms with van der Waals surface area (Å²) < 4.78 is 1.10. The van der Waals surface area contributed by atoms with Crippen LogP contribution >= 0.6 is 15.9 Å². The Bertz CT molecular complexity index is 354. The van der Waals surface area contributed by atoms with Crippen molar-refractivity contribution in [2.24, 2.45) is 5.84 Å². The molecule has 1 aromatic rings. The molecule has 3 heteroatoms. The first-order chi connectivity index (χ1) is 7.52. The van der Waals surface area contributed by atoms with E-state index in [0.29, 0.717) is 0 Å². The highest BCUT2D eigenvalue weighted by molar-refractivity contribution is 9.10. The number of nitrogens with one attached hydrogen (secondary N) is 1. The smallest absolute Gasteiger partial charge is 0.0463 e. The molecule has 1 rings (SSSR count). The van der Waals surface area contributed by atoms with Crippen LogP contribution in [-0.2, 0) is 0 Å². The monoisotopic (exact) mass is 282 g/mol. The average Bonchev–Trinajstić information content (AvgIpc) is 2.16. The molecule has 1 aromatic carbocycles. The molecule has 2 nitrogen and oxygen atoms in total. The highest BCUT2D eigenvalue weighted by Crippen LogP contribution is 2.24. The number of halogens is 1. The molecule has 0 aromatic heterocycles. The fourth-order valence-corrected chi connectivity index (χ4v) is 2.33. The van der Waals surface area contributed by atoms with Gasteiger partial charge < -0.3 is 0 Å². The summed E-state index contributed by atoms with van der Waals surface area (Å²) in [4.78, 5) is 0. The van der Waals surface area contributed by atoms with Gasteiger partial charge in [0.05, 0.1) is 0 Å². The Balaban J connectivity index is 2.81. The van der Waals surface area contributed by atoms with Gasteiger partial charge in [-0.1, -0.05) is 27.6 Å². The van der Waals surface area contributed by atoms with Gasteiger partial charge in [0.15, 0.2) is 0 Å². The number of hydrogen-bond donors (Lipinski definition) is 2. The summed E-state index contributed by atoms with van der Waals surface area (Å²) in [6.07, 6.45) is 1.96. The van der Waals surface area contributed by atoms with Gasteiger partial charge in [-0.2, -0.15) is 0 Å². The van der Waals surface area contributed by atoms with Gasteiger partial charge in [0.1, 0.15) is 0 Å². The summed E-state index contributed by atoms with van der Waals surface area (Å²) in [5.74, 6) is 5.60. The zero-order valence-corrected chi connectivity index (χ0v) is 11.5. The lowest BCUT2D eigenvalue weighted by Gasteiger charge is -2.17. The van der Waals surface area contributed by atoms with Gasteiger partial charge in [0.25, 0.3) is 0 Å². The third-order valence-electron chi connectivity index (χ3n) is 2.53. The van der Waals surface area contributed by atoms with E-state index in [4.69, 9.17) is 5.84 Å². The van der Waals surface area contributed by atoms with E-state index in [1.54, 1.807) is 0 Å². The third kappa shape index (κ3) is 4.08. The number of rotatable bonds is 5. The van der Waals surface area contributed by atoms with Gasteiger partial charge >= 0.3 is 0 Å². The lowest BCUT2D eigenvalue weighted by atomic mass is 9.99. The topological polar surface area (TPSA) is 38.0 Å². The molecule has 1 atom stereocenters. The molecule has 0 bridgehead atoms. The molecule has 88 valence electrons. The second-order valence-corrected chi connectivity index (χ2v) is 5.19. The molecule has 16 heavy (non-hydrogen) atoms. The average molecular weight is 283 g/mol. The summed E-state index contributed by atoms with van der Waals surface area (Å²) in [7, 11) is 0. The molecule has 0 fully saturated rings. The van der Waals surface area contributed by atoms with Gasteiger partial charge in [-0.15, -0.1) is 6.58 Å². The van der Waals surface area contributed by atoms with Crippen molar-refractivity contribution in [1.29, 1.82) is 0 Å². The quantitative estimate of drug-likeness (QED) is 0.492. The van der Waals surface area contributed by atoms with Crippen LogP contribution < -0.4 is 11.3 Å². The number of allylic oxidation sites excluding steroid dienone is 1. The van der Waals surface area contributed by atoms with Crippen LogP contribution in [0.4, 0.5) is 0 Å².